The smallest absolute Gasteiger partial charge is 0.219 e. The number of aldehydes is 1. The van der Waals surface area contributed by atoms with Crippen LogP contribution in [-0.2, 0) is 11.3 Å². The fraction of sp³-hybridized carbons (Fsp3) is 0.286. The molecule has 5 heteroatoms. The van der Waals surface area contributed by atoms with Crippen LogP contribution in [-0.4, -0.2) is 21.7 Å². The van der Waals surface area contributed by atoms with Crippen molar-refractivity contribution in [2.45, 2.75) is 13.0 Å². The van der Waals surface area contributed by atoms with Gasteiger partial charge in [0.1, 0.15) is 0 Å². The van der Waals surface area contributed by atoms with Gasteiger partial charge in [-0.3, -0.25) is 9.59 Å². The number of hydrogen-bond donors (Lipinski definition) is 1. The second kappa shape index (κ2) is 3.66. The molecule has 1 aromatic rings. The summed E-state index contributed by atoms with van der Waals surface area (Å²) in [4.78, 5) is 24.5. The average molecular weight is 167 g/mol. The largest absolute Gasteiger partial charge is 0.370 e. The van der Waals surface area contributed by atoms with Crippen molar-refractivity contribution in [2.24, 2.45) is 5.73 Å². The molecule has 0 saturated carbocycles. The van der Waals surface area contributed by atoms with E-state index in [1.807, 2.05) is 0 Å². The van der Waals surface area contributed by atoms with Crippen LogP contribution in [0.15, 0.2) is 12.4 Å². The van der Waals surface area contributed by atoms with Crippen molar-refractivity contribution in [2.75, 3.05) is 0 Å². The molecular formula is C7H9N3O2. The Kier molecular flexibility index (Phi) is 2.57. The third-order valence-corrected chi connectivity index (χ3v) is 1.45. The zero-order chi connectivity index (χ0) is 8.97. The maximum Gasteiger partial charge on any atom is 0.219 e. The van der Waals surface area contributed by atoms with E-state index in [1.54, 1.807) is 10.8 Å². The van der Waals surface area contributed by atoms with Gasteiger partial charge < -0.3 is 10.3 Å². The van der Waals surface area contributed by atoms with Gasteiger partial charge in [0.15, 0.2) is 12.1 Å². The second-order valence-electron chi connectivity index (χ2n) is 2.31. The van der Waals surface area contributed by atoms with E-state index in [2.05, 4.69) is 4.98 Å². The van der Waals surface area contributed by atoms with Crippen molar-refractivity contribution >= 4 is 12.2 Å². The predicted molar refractivity (Wildman–Crippen MR) is 41.4 cm³/mol. The average Bonchev–Trinajstić information content (AvgIpc) is 2.47. The minimum atomic E-state index is -0.388. The molecule has 1 aromatic heterocycles. The normalized spacial score (nSPS) is 9.67. The second-order valence-corrected chi connectivity index (χ2v) is 2.31. The van der Waals surface area contributed by atoms with Crippen LogP contribution in [0.4, 0.5) is 0 Å². The molecule has 12 heavy (non-hydrogen) atoms. The summed E-state index contributed by atoms with van der Waals surface area (Å²) in [6.45, 7) is 0.406. The van der Waals surface area contributed by atoms with Crippen molar-refractivity contribution in [3.8, 4) is 0 Å². The van der Waals surface area contributed by atoms with Gasteiger partial charge in [-0.05, 0) is 0 Å². The molecule has 0 aliphatic rings. The molecule has 1 amide bonds. The van der Waals surface area contributed by atoms with Crippen molar-refractivity contribution < 1.29 is 9.59 Å². The first-order chi connectivity index (χ1) is 5.74. The summed E-state index contributed by atoms with van der Waals surface area (Å²) in [5.41, 5.74) is 4.94. The van der Waals surface area contributed by atoms with E-state index in [1.165, 1.54) is 6.20 Å². The number of aromatic nitrogens is 2. The van der Waals surface area contributed by atoms with E-state index in [4.69, 9.17) is 5.73 Å². The highest BCUT2D eigenvalue weighted by Gasteiger charge is 2.01. The number of hydrogen-bond acceptors (Lipinski definition) is 3. The van der Waals surface area contributed by atoms with Gasteiger partial charge in [0.2, 0.25) is 5.91 Å². The molecule has 0 fully saturated rings. The Labute approximate surface area is 69.2 Å². The van der Waals surface area contributed by atoms with Crippen LogP contribution in [0.1, 0.15) is 17.0 Å². The Morgan fingerprint density at radius 2 is 2.50 bits per heavy atom. The molecule has 0 spiro atoms. The maximum atomic E-state index is 10.4. The molecule has 0 aromatic carbocycles. The van der Waals surface area contributed by atoms with Gasteiger partial charge in [0, 0.05) is 25.4 Å². The van der Waals surface area contributed by atoms with Gasteiger partial charge >= 0.3 is 0 Å². The molecule has 0 atom stereocenters. The van der Waals surface area contributed by atoms with Crippen LogP contribution in [0.5, 0.6) is 0 Å². The summed E-state index contributed by atoms with van der Waals surface area (Å²) in [7, 11) is 0. The minimum Gasteiger partial charge on any atom is -0.370 e. The molecule has 64 valence electrons. The van der Waals surface area contributed by atoms with Gasteiger partial charge in [-0.25, -0.2) is 4.98 Å². The number of imidazole rings is 1. The van der Waals surface area contributed by atoms with E-state index < -0.39 is 0 Å². The Bertz CT molecular complexity index is 293. The summed E-state index contributed by atoms with van der Waals surface area (Å²) < 4.78 is 1.58. The van der Waals surface area contributed by atoms with Gasteiger partial charge in [-0.2, -0.15) is 0 Å². The van der Waals surface area contributed by atoms with Crippen LogP contribution in [0.3, 0.4) is 0 Å². The van der Waals surface area contributed by atoms with Gasteiger partial charge in [0.25, 0.3) is 0 Å². The number of nitrogens with zero attached hydrogens (tertiary/aromatic N) is 2. The lowest BCUT2D eigenvalue weighted by atomic mass is 10.4. The predicted octanol–water partition coefficient (Wildman–Crippen LogP) is -0.429. The number of primary amides is 1. The lowest BCUT2D eigenvalue weighted by molar-refractivity contribution is -0.118. The third kappa shape index (κ3) is 1.91. The molecule has 0 bridgehead atoms. The van der Waals surface area contributed by atoms with Crippen molar-refractivity contribution in [3.63, 3.8) is 0 Å². The molecule has 1 rings (SSSR count). The molecule has 5 nitrogen and oxygen atoms in total. The van der Waals surface area contributed by atoms with E-state index >= 15 is 0 Å². The quantitative estimate of drug-likeness (QED) is 0.618. The van der Waals surface area contributed by atoms with Crippen molar-refractivity contribution in [1.82, 2.24) is 9.55 Å². The summed E-state index contributed by atoms with van der Waals surface area (Å²) in [6.07, 6.45) is 4.00. The van der Waals surface area contributed by atoms with Gasteiger partial charge in [-0.15, -0.1) is 0 Å². The fourth-order valence-corrected chi connectivity index (χ4v) is 0.859. The van der Waals surface area contributed by atoms with E-state index in [-0.39, 0.29) is 12.3 Å². The van der Waals surface area contributed by atoms with Crippen LogP contribution in [0.2, 0.25) is 0 Å². The number of amides is 1. The fourth-order valence-electron chi connectivity index (χ4n) is 0.859. The van der Waals surface area contributed by atoms with Gasteiger partial charge in [-0.1, -0.05) is 0 Å². The SMILES string of the molecule is NC(=O)CCn1ccnc1C=O. The van der Waals surface area contributed by atoms with E-state index in [9.17, 15) is 9.59 Å². The molecule has 0 aliphatic carbocycles. The Morgan fingerprint density at radius 1 is 1.75 bits per heavy atom. The summed E-state index contributed by atoms with van der Waals surface area (Å²) >= 11 is 0. The number of rotatable bonds is 4. The molecule has 1 heterocycles. The first-order valence-corrected chi connectivity index (χ1v) is 3.48. The summed E-state index contributed by atoms with van der Waals surface area (Å²) in [6, 6.07) is 0. The lowest BCUT2D eigenvalue weighted by Crippen LogP contribution is -2.14. The molecule has 0 radical (unpaired) electrons. The standard InChI is InChI=1S/C7H9N3O2/c8-6(12)1-3-10-4-2-9-7(10)5-11/h2,4-5H,1,3H2,(H2,8,12). The molecule has 0 aliphatic heterocycles. The number of nitrogens with two attached hydrogens (primary N) is 1. The zero-order valence-corrected chi connectivity index (χ0v) is 6.43. The minimum absolute atomic E-state index is 0.219. The molecular weight excluding hydrogens is 158 g/mol. The molecule has 0 unspecified atom stereocenters. The van der Waals surface area contributed by atoms with E-state index in [0.29, 0.717) is 18.7 Å². The maximum absolute atomic E-state index is 10.4. The van der Waals surface area contributed by atoms with Gasteiger partial charge in [0.05, 0.1) is 0 Å². The van der Waals surface area contributed by atoms with E-state index in [0.717, 1.165) is 0 Å². The monoisotopic (exact) mass is 167 g/mol. The van der Waals surface area contributed by atoms with Crippen molar-refractivity contribution in [1.29, 1.82) is 0 Å². The van der Waals surface area contributed by atoms with Crippen LogP contribution < -0.4 is 5.73 Å². The Balaban J connectivity index is 2.62. The first kappa shape index (κ1) is 8.45. The first-order valence-electron chi connectivity index (χ1n) is 3.48. The lowest BCUT2D eigenvalue weighted by Gasteiger charge is -1.99. The highest BCUT2D eigenvalue weighted by molar-refractivity contribution is 5.74. The third-order valence-electron chi connectivity index (χ3n) is 1.45. The van der Waals surface area contributed by atoms with Crippen LogP contribution in [0.25, 0.3) is 0 Å². The Hall–Kier alpha value is -1.65. The Morgan fingerprint density at radius 3 is 3.08 bits per heavy atom. The van der Waals surface area contributed by atoms with Crippen LogP contribution in [0, 0.1) is 0 Å². The topological polar surface area (TPSA) is 78.0 Å². The highest BCUT2D eigenvalue weighted by Crippen LogP contribution is 1.95. The summed E-state index contributed by atoms with van der Waals surface area (Å²) in [5.74, 6) is -0.0724. The zero-order valence-electron chi connectivity index (χ0n) is 6.43. The summed E-state index contributed by atoms with van der Waals surface area (Å²) in [5, 5.41) is 0. The highest BCUT2D eigenvalue weighted by atomic mass is 16.1. The molecule has 2 N–H and O–H groups in total. The number of aryl methyl sites for hydroxylation is 1. The number of carbonyl (C=O) groups excluding carboxylic acids is 2. The van der Waals surface area contributed by atoms with Crippen LogP contribution >= 0.6 is 0 Å². The van der Waals surface area contributed by atoms with Crippen molar-refractivity contribution in [3.05, 3.63) is 18.2 Å². The molecule has 0 saturated heterocycles. The number of carbonyl (C=O) groups is 2.